The lowest BCUT2D eigenvalue weighted by molar-refractivity contribution is -0.0700. The summed E-state index contributed by atoms with van der Waals surface area (Å²) < 4.78 is 8.89. The van der Waals surface area contributed by atoms with Gasteiger partial charge in [-0.1, -0.05) is 33.6 Å². The van der Waals surface area contributed by atoms with Crippen molar-refractivity contribution < 1.29 is 4.74 Å². The molecular formula is C18H37N2OP. The van der Waals surface area contributed by atoms with E-state index < -0.39 is 7.04 Å². The third kappa shape index (κ3) is 5.09. The van der Waals surface area contributed by atoms with E-state index in [2.05, 4.69) is 50.4 Å². The Kier molecular flexibility index (Phi) is 6.59. The lowest BCUT2D eigenvalue weighted by Gasteiger charge is -2.44. The van der Waals surface area contributed by atoms with Gasteiger partial charge in [0.2, 0.25) is 0 Å². The van der Waals surface area contributed by atoms with Gasteiger partial charge in [-0.05, 0) is 51.5 Å². The van der Waals surface area contributed by atoms with Crippen LogP contribution in [0.2, 0.25) is 0 Å². The number of morpholine rings is 1. The van der Waals surface area contributed by atoms with Crippen LogP contribution in [0.4, 0.5) is 0 Å². The highest BCUT2D eigenvalue weighted by Gasteiger charge is 2.30. The van der Waals surface area contributed by atoms with E-state index in [1.54, 1.807) is 0 Å². The number of hydrogen-bond acceptors (Lipinski definition) is 3. The van der Waals surface area contributed by atoms with Crippen molar-refractivity contribution in [2.75, 3.05) is 46.1 Å². The summed E-state index contributed by atoms with van der Waals surface area (Å²) in [6, 6.07) is 0. The molecule has 0 aliphatic carbocycles. The van der Waals surface area contributed by atoms with Crippen molar-refractivity contribution in [3.05, 3.63) is 0 Å². The molecule has 3 nitrogen and oxygen atoms in total. The Bertz CT molecular complexity index is 391. The molecular weight excluding hydrogens is 291 g/mol. The molecule has 2 rings (SSSR count). The highest BCUT2D eigenvalue weighted by atomic mass is 31.2. The second kappa shape index (κ2) is 7.83. The molecule has 2 heterocycles. The van der Waals surface area contributed by atoms with Gasteiger partial charge in [-0.15, -0.1) is 0 Å². The molecule has 0 saturated carbocycles. The molecule has 0 bridgehead atoms. The van der Waals surface area contributed by atoms with Crippen molar-refractivity contribution in [1.82, 2.24) is 9.57 Å². The number of nitrogens with zero attached hydrogens (tertiary/aromatic N) is 2. The van der Waals surface area contributed by atoms with Gasteiger partial charge in [0.25, 0.3) is 0 Å². The average molecular weight is 328 g/mol. The highest BCUT2D eigenvalue weighted by molar-refractivity contribution is 7.70. The van der Waals surface area contributed by atoms with E-state index in [-0.39, 0.29) is 0 Å². The van der Waals surface area contributed by atoms with E-state index in [1.165, 1.54) is 38.5 Å². The normalized spacial score (nSPS) is 37.9. The van der Waals surface area contributed by atoms with Crippen molar-refractivity contribution in [3.63, 3.8) is 0 Å². The molecule has 0 N–H and O–H groups in total. The fourth-order valence-corrected chi connectivity index (χ4v) is 6.56. The first kappa shape index (κ1) is 18.5. The molecule has 5 unspecified atom stereocenters. The van der Waals surface area contributed by atoms with Crippen molar-refractivity contribution in [1.29, 1.82) is 0 Å². The largest absolute Gasteiger partial charge is 0.373 e. The highest BCUT2D eigenvalue weighted by Crippen LogP contribution is 2.49. The molecule has 0 aromatic heterocycles. The first-order valence-electron chi connectivity index (χ1n) is 9.09. The van der Waals surface area contributed by atoms with Crippen LogP contribution < -0.4 is 0 Å². The third-order valence-electron chi connectivity index (χ3n) is 5.43. The molecule has 0 amide bonds. The second-order valence-corrected chi connectivity index (χ2v) is 11.8. The van der Waals surface area contributed by atoms with Crippen molar-refractivity contribution in [2.24, 2.45) is 11.8 Å². The Morgan fingerprint density at radius 1 is 1.18 bits per heavy atom. The molecule has 0 aromatic carbocycles. The SMILES string of the molecule is C=P(C)(CCC1CN(C)CC(C)O1)N1CC(C)CC(CC)C1. The lowest BCUT2D eigenvalue weighted by Crippen LogP contribution is -2.45. The summed E-state index contributed by atoms with van der Waals surface area (Å²) in [5, 5.41) is 0. The molecule has 22 heavy (non-hydrogen) atoms. The Morgan fingerprint density at radius 2 is 1.91 bits per heavy atom. The zero-order valence-electron chi connectivity index (χ0n) is 15.4. The lowest BCUT2D eigenvalue weighted by atomic mass is 9.90. The van der Waals surface area contributed by atoms with Gasteiger partial charge in [0.1, 0.15) is 0 Å². The number of hydrogen-bond donors (Lipinski definition) is 0. The smallest absolute Gasteiger partial charge is 0.0709 e. The van der Waals surface area contributed by atoms with Crippen LogP contribution >= 0.6 is 7.04 Å². The molecule has 0 aromatic rings. The first-order chi connectivity index (χ1) is 10.3. The molecule has 2 fully saturated rings. The summed E-state index contributed by atoms with van der Waals surface area (Å²) in [5.41, 5.74) is 0. The zero-order valence-corrected chi connectivity index (χ0v) is 16.3. The zero-order chi connectivity index (χ0) is 16.3. The second-order valence-electron chi connectivity index (χ2n) is 8.13. The van der Waals surface area contributed by atoms with E-state index in [4.69, 9.17) is 4.74 Å². The summed E-state index contributed by atoms with van der Waals surface area (Å²) in [6.45, 7) is 14.1. The molecule has 0 spiro atoms. The molecule has 2 aliphatic rings. The van der Waals surface area contributed by atoms with Crippen molar-refractivity contribution >= 4 is 13.3 Å². The van der Waals surface area contributed by atoms with Crippen molar-refractivity contribution in [3.8, 4) is 0 Å². The van der Waals surface area contributed by atoms with E-state index in [1.807, 2.05) is 0 Å². The molecule has 5 atom stereocenters. The fraction of sp³-hybridized carbons (Fsp3) is 0.944. The van der Waals surface area contributed by atoms with E-state index >= 15 is 0 Å². The fourth-order valence-electron chi connectivity index (χ4n) is 4.14. The van der Waals surface area contributed by atoms with Crippen LogP contribution in [0.25, 0.3) is 0 Å². The van der Waals surface area contributed by atoms with Gasteiger partial charge < -0.3 is 9.64 Å². The van der Waals surface area contributed by atoms with Gasteiger partial charge in [-0.25, -0.2) is 0 Å². The molecule has 0 radical (unpaired) electrons. The standard InChI is InChI=1S/C18H37N2OP/c1-7-17-10-15(2)11-20(13-17)22(5,6)9-8-18-14-19(4)12-16(3)21-18/h15-18H,5,7-14H2,1-4,6H3. The average Bonchev–Trinajstić information content (AvgIpc) is 2.43. The minimum atomic E-state index is -1.23. The predicted octanol–water partition coefficient (Wildman–Crippen LogP) is 3.46. The molecule has 130 valence electrons. The predicted molar refractivity (Wildman–Crippen MR) is 100 cm³/mol. The molecule has 2 saturated heterocycles. The van der Waals surface area contributed by atoms with E-state index in [0.29, 0.717) is 12.2 Å². The third-order valence-corrected chi connectivity index (χ3v) is 8.34. The Hall–Kier alpha value is 0.180. The van der Waals surface area contributed by atoms with Crippen LogP contribution in [0.3, 0.4) is 0 Å². The maximum Gasteiger partial charge on any atom is 0.0709 e. The summed E-state index contributed by atoms with van der Waals surface area (Å²) >= 11 is 0. The van der Waals surface area contributed by atoms with Gasteiger partial charge in [-0.3, -0.25) is 4.67 Å². The number of piperidine rings is 1. The Morgan fingerprint density at radius 3 is 2.55 bits per heavy atom. The Balaban J connectivity index is 1.88. The summed E-state index contributed by atoms with van der Waals surface area (Å²) in [7, 11) is 0.984. The van der Waals surface area contributed by atoms with Crippen LogP contribution in [-0.4, -0.2) is 74.1 Å². The van der Waals surface area contributed by atoms with Crippen LogP contribution in [0.1, 0.15) is 40.0 Å². The van der Waals surface area contributed by atoms with Gasteiger partial charge in [0.05, 0.1) is 12.2 Å². The summed E-state index contributed by atoms with van der Waals surface area (Å²) in [5.74, 6) is 1.71. The van der Waals surface area contributed by atoms with Crippen LogP contribution in [0.15, 0.2) is 0 Å². The van der Waals surface area contributed by atoms with Gasteiger partial charge in [0, 0.05) is 26.2 Å². The molecule has 4 heteroatoms. The Labute approximate surface area is 138 Å². The number of rotatable bonds is 5. The first-order valence-corrected chi connectivity index (χ1v) is 11.7. The van der Waals surface area contributed by atoms with E-state index in [9.17, 15) is 0 Å². The van der Waals surface area contributed by atoms with Gasteiger partial charge in [-0.2, -0.15) is 0 Å². The van der Waals surface area contributed by atoms with Crippen LogP contribution in [-0.2, 0) is 4.74 Å². The van der Waals surface area contributed by atoms with E-state index in [0.717, 1.165) is 24.9 Å². The topological polar surface area (TPSA) is 15.7 Å². The quantitative estimate of drug-likeness (QED) is 0.719. The maximum absolute atomic E-state index is 6.13. The van der Waals surface area contributed by atoms with Crippen LogP contribution in [0, 0.1) is 11.8 Å². The minimum absolute atomic E-state index is 0.373. The summed E-state index contributed by atoms with van der Waals surface area (Å²) in [4.78, 5) is 2.41. The maximum atomic E-state index is 6.13. The molecule has 2 aliphatic heterocycles. The van der Waals surface area contributed by atoms with Crippen LogP contribution in [0.5, 0.6) is 0 Å². The van der Waals surface area contributed by atoms with Gasteiger partial charge >= 0.3 is 0 Å². The number of ether oxygens (including phenoxy) is 1. The van der Waals surface area contributed by atoms with Gasteiger partial charge in [0.15, 0.2) is 0 Å². The monoisotopic (exact) mass is 328 g/mol. The number of likely N-dealkylation sites (N-methyl/N-ethyl adjacent to an activating group) is 1. The van der Waals surface area contributed by atoms with Crippen molar-refractivity contribution in [2.45, 2.75) is 52.2 Å². The minimum Gasteiger partial charge on any atom is -0.373 e. The summed E-state index contributed by atoms with van der Waals surface area (Å²) in [6.07, 6.45) is 10.6.